The van der Waals surface area contributed by atoms with Gasteiger partial charge in [-0.2, -0.15) is 5.10 Å². The number of hydrogen-bond donors (Lipinski definition) is 1. The number of furan rings is 1. The third-order valence-corrected chi connectivity index (χ3v) is 5.55. The van der Waals surface area contributed by atoms with Gasteiger partial charge in [0.25, 0.3) is 5.56 Å². The fourth-order valence-corrected chi connectivity index (χ4v) is 4.04. The van der Waals surface area contributed by atoms with E-state index in [1.54, 1.807) is 6.07 Å². The lowest BCUT2D eigenvalue weighted by molar-refractivity contribution is -0.125. The van der Waals surface area contributed by atoms with Crippen molar-refractivity contribution in [1.29, 1.82) is 0 Å². The van der Waals surface area contributed by atoms with E-state index in [0.717, 1.165) is 22.6 Å². The predicted octanol–water partition coefficient (Wildman–Crippen LogP) is 3.78. The monoisotopic (exact) mass is 436 g/mol. The maximum atomic E-state index is 13.3. The largest absolute Gasteiger partial charge is 0.494 e. The second kappa shape index (κ2) is 8.90. The molecular weight excluding hydrogens is 408 g/mol. The SMILES string of the molecule is CCOc1ccccc1CNC(=O)[C@@H](CC)n1nc(CC)n2c(cc3oc(C)cc32)c1=O. The zero-order valence-electron chi connectivity index (χ0n) is 18.8. The molecule has 0 saturated heterocycles. The van der Waals surface area contributed by atoms with Crippen molar-refractivity contribution >= 4 is 22.5 Å². The number of rotatable bonds is 8. The van der Waals surface area contributed by atoms with Crippen LogP contribution in [-0.4, -0.2) is 26.7 Å². The van der Waals surface area contributed by atoms with E-state index in [1.165, 1.54) is 4.68 Å². The molecule has 0 fully saturated rings. The van der Waals surface area contributed by atoms with Gasteiger partial charge in [-0.05, 0) is 26.3 Å². The van der Waals surface area contributed by atoms with Gasteiger partial charge in [-0.25, -0.2) is 4.68 Å². The zero-order valence-corrected chi connectivity index (χ0v) is 18.8. The number of nitrogens with one attached hydrogen (secondary N) is 1. The number of carbonyl (C=O) groups excluding carboxylic acids is 1. The first-order valence-electron chi connectivity index (χ1n) is 11.0. The van der Waals surface area contributed by atoms with Gasteiger partial charge in [-0.15, -0.1) is 0 Å². The van der Waals surface area contributed by atoms with Crippen molar-refractivity contribution in [2.75, 3.05) is 6.61 Å². The highest BCUT2D eigenvalue weighted by molar-refractivity contribution is 5.84. The number of aromatic nitrogens is 3. The Morgan fingerprint density at radius 3 is 2.69 bits per heavy atom. The Morgan fingerprint density at radius 2 is 1.97 bits per heavy atom. The van der Waals surface area contributed by atoms with Gasteiger partial charge in [0.15, 0.2) is 5.58 Å². The summed E-state index contributed by atoms with van der Waals surface area (Å²) in [5.41, 5.74) is 2.47. The molecule has 32 heavy (non-hydrogen) atoms. The van der Waals surface area contributed by atoms with Crippen LogP contribution in [0.3, 0.4) is 0 Å². The van der Waals surface area contributed by atoms with Crippen LogP contribution in [-0.2, 0) is 17.8 Å². The first kappa shape index (κ1) is 21.7. The van der Waals surface area contributed by atoms with Crippen LogP contribution in [0.4, 0.5) is 0 Å². The molecule has 3 heterocycles. The van der Waals surface area contributed by atoms with E-state index in [1.807, 2.05) is 62.4 Å². The van der Waals surface area contributed by atoms with Crippen molar-refractivity contribution in [2.45, 2.75) is 53.1 Å². The first-order chi connectivity index (χ1) is 15.5. The van der Waals surface area contributed by atoms with Crippen molar-refractivity contribution in [1.82, 2.24) is 19.5 Å². The third-order valence-electron chi connectivity index (χ3n) is 5.55. The van der Waals surface area contributed by atoms with E-state index in [4.69, 9.17) is 9.15 Å². The van der Waals surface area contributed by atoms with Gasteiger partial charge >= 0.3 is 0 Å². The van der Waals surface area contributed by atoms with Gasteiger partial charge in [0.05, 0.1) is 12.1 Å². The summed E-state index contributed by atoms with van der Waals surface area (Å²) in [7, 11) is 0. The molecule has 4 aromatic rings. The highest BCUT2D eigenvalue weighted by Gasteiger charge is 2.24. The number of para-hydroxylation sites is 1. The van der Waals surface area contributed by atoms with E-state index in [0.29, 0.717) is 42.9 Å². The summed E-state index contributed by atoms with van der Waals surface area (Å²) in [6.45, 7) is 8.48. The summed E-state index contributed by atoms with van der Waals surface area (Å²) in [5, 5.41) is 7.53. The number of nitrogens with zero attached hydrogens (tertiary/aromatic N) is 3. The van der Waals surface area contributed by atoms with E-state index in [2.05, 4.69) is 10.4 Å². The maximum Gasteiger partial charge on any atom is 0.291 e. The molecule has 0 bridgehead atoms. The van der Waals surface area contributed by atoms with E-state index < -0.39 is 6.04 Å². The van der Waals surface area contributed by atoms with Gasteiger partial charge in [0.1, 0.15) is 28.9 Å². The highest BCUT2D eigenvalue weighted by Crippen LogP contribution is 2.24. The Kier molecular flexibility index (Phi) is 6.03. The van der Waals surface area contributed by atoms with Crippen LogP contribution in [0.5, 0.6) is 5.75 Å². The number of amides is 1. The number of fused-ring (bicyclic) bond motifs is 3. The Morgan fingerprint density at radius 1 is 1.19 bits per heavy atom. The predicted molar refractivity (Wildman–Crippen MR) is 122 cm³/mol. The standard InChI is InChI=1S/C24H28N4O4/c1-5-17(23(29)25-14-16-10-8-9-11-20(16)31-7-3)28-24(30)19-13-21-18(12-15(4)32-21)27(19)22(6-2)26-28/h8-13,17H,5-7,14H2,1-4H3,(H,25,29)/t17-/m1/s1. The average Bonchev–Trinajstić information content (AvgIpc) is 3.32. The molecule has 168 valence electrons. The molecule has 0 unspecified atom stereocenters. The normalized spacial score (nSPS) is 12.4. The van der Waals surface area contributed by atoms with Crippen LogP contribution < -0.4 is 15.6 Å². The van der Waals surface area contributed by atoms with Gasteiger partial charge < -0.3 is 14.5 Å². The van der Waals surface area contributed by atoms with Crippen LogP contribution in [0.1, 0.15) is 50.4 Å². The van der Waals surface area contributed by atoms with E-state index >= 15 is 0 Å². The number of benzene rings is 1. The molecule has 0 aliphatic carbocycles. The van der Waals surface area contributed by atoms with Crippen molar-refractivity contribution in [2.24, 2.45) is 0 Å². The summed E-state index contributed by atoms with van der Waals surface area (Å²) in [6, 6.07) is 10.5. The molecule has 3 aromatic heterocycles. The van der Waals surface area contributed by atoms with E-state index in [9.17, 15) is 9.59 Å². The van der Waals surface area contributed by atoms with Crippen LogP contribution in [0.2, 0.25) is 0 Å². The van der Waals surface area contributed by atoms with Crippen LogP contribution >= 0.6 is 0 Å². The van der Waals surface area contributed by atoms with Crippen molar-refractivity contribution in [3.63, 3.8) is 0 Å². The molecule has 0 radical (unpaired) electrons. The third kappa shape index (κ3) is 3.77. The summed E-state index contributed by atoms with van der Waals surface area (Å²) >= 11 is 0. The minimum absolute atomic E-state index is 0.258. The molecule has 0 aliphatic rings. The molecule has 0 spiro atoms. The Balaban J connectivity index is 1.68. The van der Waals surface area contributed by atoms with Crippen molar-refractivity contribution < 1.29 is 13.9 Å². The summed E-state index contributed by atoms with van der Waals surface area (Å²) in [4.78, 5) is 26.4. The van der Waals surface area contributed by atoms with Crippen molar-refractivity contribution in [3.8, 4) is 5.75 Å². The van der Waals surface area contributed by atoms with Crippen LogP contribution in [0.15, 0.2) is 45.6 Å². The van der Waals surface area contributed by atoms with Gasteiger partial charge in [0, 0.05) is 30.7 Å². The lowest BCUT2D eigenvalue weighted by Gasteiger charge is -2.19. The quantitative estimate of drug-likeness (QED) is 0.454. The minimum atomic E-state index is -0.722. The van der Waals surface area contributed by atoms with E-state index in [-0.39, 0.29) is 11.5 Å². The highest BCUT2D eigenvalue weighted by atomic mass is 16.5. The number of ether oxygens (including phenoxy) is 1. The fourth-order valence-electron chi connectivity index (χ4n) is 4.04. The summed E-state index contributed by atoms with van der Waals surface area (Å²) in [5.74, 6) is 1.95. The van der Waals surface area contributed by atoms with Gasteiger partial charge in [-0.3, -0.25) is 14.0 Å². The number of aryl methyl sites for hydroxylation is 2. The second-order valence-electron chi connectivity index (χ2n) is 7.67. The number of carbonyl (C=O) groups is 1. The average molecular weight is 437 g/mol. The molecule has 1 N–H and O–H groups in total. The Bertz CT molecular complexity index is 1330. The Hall–Kier alpha value is -3.55. The molecule has 1 atom stereocenters. The molecule has 8 heteroatoms. The minimum Gasteiger partial charge on any atom is -0.494 e. The lowest BCUT2D eigenvalue weighted by Crippen LogP contribution is -2.39. The van der Waals surface area contributed by atoms with Crippen molar-refractivity contribution in [3.05, 3.63) is 63.9 Å². The van der Waals surface area contributed by atoms with Crippen LogP contribution in [0, 0.1) is 6.92 Å². The molecule has 1 amide bonds. The lowest BCUT2D eigenvalue weighted by atomic mass is 10.1. The zero-order chi connectivity index (χ0) is 22.8. The van der Waals surface area contributed by atoms with Gasteiger partial charge in [-0.1, -0.05) is 32.0 Å². The molecule has 4 rings (SSSR count). The molecule has 1 aromatic carbocycles. The first-order valence-corrected chi connectivity index (χ1v) is 11.0. The maximum absolute atomic E-state index is 13.3. The van der Waals surface area contributed by atoms with Crippen LogP contribution in [0.25, 0.3) is 16.6 Å². The Labute approximate surface area is 185 Å². The topological polar surface area (TPSA) is 90.8 Å². The second-order valence-corrected chi connectivity index (χ2v) is 7.67. The smallest absolute Gasteiger partial charge is 0.291 e. The molecular formula is C24H28N4O4. The molecule has 0 saturated carbocycles. The summed E-state index contributed by atoms with van der Waals surface area (Å²) in [6.07, 6.45) is 1.03. The fraction of sp³-hybridized carbons (Fsp3) is 0.375. The summed E-state index contributed by atoms with van der Waals surface area (Å²) < 4.78 is 14.5. The van der Waals surface area contributed by atoms with Gasteiger partial charge in [0.2, 0.25) is 5.91 Å². The molecule has 0 aliphatic heterocycles. The molecule has 8 nitrogen and oxygen atoms in total. The number of hydrogen-bond acceptors (Lipinski definition) is 5.